The van der Waals surface area contributed by atoms with Crippen LogP contribution in [-0.2, 0) is 4.79 Å². The third-order valence-electron chi connectivity index (χ3n) is 2.84. The Labute approximate surface area is 109 Å². The van der Waals surface area contributed by atoms with Crippen LogP contribution in [0, 0.1) is 6.92 Å². The van der Waals surface area contributed by atoms with Crippen LogP contribution in [-0.4, -0.2) is 17.2 Å². The lowest BCUT2D eigenvalue weighted by Gasteiger charge is -2.16. The summed E-state index contributed by atoms with van der Waals surface area (Å²) in [4.78, 5) is 10.5. The van der Waals surface area contributed by atoms with Crippen LogP contribution in [0.2, 0.25) is 0 Å². The van der Waals surface area contributed by atoms with Gasteiger partial charge in [0.2, 0.25) is 0 Å². The fourth-order valence-electron chi connectivity index (χ4n) is 1.80. The zero-order valence-electron chi connectivity index (χ0n) is 11.6. The number of benzene rings is 1. The molecule has 3 nitrogen and oxygen atoms in total. The Morgan fingerprint density at radius 2 is 1.94 bits per heavy atom. The van der Waals surface area contributed by atoms with E-state index >= 15 is 0 Å². The van der Waals surface area contributed by atoms with E-state index in [2.05, 4.69) is 19.9 Å². The van der Waals surface area contributed by atoms with Crippen molar-refractivity contribution in [3.05, 3.63) is 29.3 Å². The molecule has 0 amide bonds. The molecule has 0 aliphatic heterocycles. The average molecular weight is 250 g/mol. The van der Waals surface area contributed by atoms with Crippen molar-refractivity contribution in [1.29, 1.82) is 0 Å². The zero-order valence-corrected chi connectivity index (χ0v) is 11.6. The Kier molecular flexibility index (Phi) is 5.20. The van der Waals surface area contributed by atoms with Crippen molar-refractivity contribution in [2.24, 2.45) is 0 Å². The largest absolute Gasteiger partial charge is 0.491 e. The molecule has 0 bridgehead atoms. The average Bonchev–Trinajstić information content (AvgIpc) is 2.25. The minimum Gasteiger partial charge on any atom is -0.491 e. The summed E-state index contributed by atoms with van der Waals surface area (Å²) in [5.41, 5.74) is 2.41. The molecule has 0 radical (unpaired) electrons. The molecule has 0 saturated heterocycles. The molecule has 0 aliphatic rings. The first-order chi connectivity index (χ1) is 8.38. The topological polar surface area (TPSA) is 46.5 Å². The zero-order chi connectivity index (χ0) is 13.7. The summed E-state index contributed by atoms with van der Waals surface area (Å²) in [6.07, 6.45) is 0.590. The Balaban J connectivity index is 2.69. The lowest BCUT2D eigenvalue weighted by Crippen LogP contribution is -2.14. The van der Waals surface area contributed by atoms with Gasteiger partial charge in [-0.05, 0) is 49.4 Å². The highest BCUT2D eigenvalue weighted by molar-refractivity contribution is 5.66. The Bertz CT molecular complexity index is 410. The number of carbonyl (C=O) groups is 1. The van der Waals surface area contributed by atoms with Gasteiger partial charge >= 0.3 is 5.97 Å². The summed E-state index contributed by atoms with van der Waals surface area (Å²) in [5.74, 6) is 0.510. The maximum atomic E-state index is 10.5. The second-order valence-electron chi connectivity index (χ2n) is 5.09. The number of hydrogen-bond acceptors (Lipinski definition) is 2. The maximum Gasteiger partial charge on any atom is 0.303 e. The Morgan fingerprint density at radius 3 is 2.50 bits per heavy atom. The fraction of sp³-hybridized carbons (Fsp3) is 0.533. The molecule has 0 aromatic heterocycles. The first-order valence-corrected chi connectivity index (χ1v) is 6.38. The predicted octanol–water partition coefficient (Wildman–Crippen LogP) is 3.75. The van der Waals surface area contributed by atoms with Crippen LogP contribution in [0.4, 0.5) is 0 Å². The molecule has 0 heterocycles. The van der Waals surface area contributed by atoms with Crippen molar-refractivity contribution in [3.8, 4) is 5.75 Å². The van der Waals surface area contributed by atoms with Crippen molar-refractivity contribution in [3.63, 3.8) is 0 Å². The van der Waals surface area contributed by atoms with E-state index in [1.807, 2.05) is 26.0 Å². The molecule has 18 heavy (non-hydrogen) atoms. The number of hydrogen-bond donors (Lipinski definition) is 1. The molecule has 0 fully saturated rings. The van der Waals surface area contributed by atoms with Crippen LogP contribution in [0.25, 0.3) is 0 Å². The molecular weight excluding hydrogens is 228 g/mol. The van der Waals surface area contributed by atoms with Crippen LogP contribution < -0.4 is 4.74 Å². The summed E-state index contributed by atoms with van der Waals surface area (Å²) >= 11 is 0. The molecular formula is C15H22O3. The summed E-state index contributed by atoms with van der Waals surface area (Å²) < 4.78 is 5.77. The van der Waals surface area contributed by atoms with E-state index in [4.69, 9.17) is 9.84 Å². The van der Waals surface area contributed by atoms with Gasteiger partial charge in [0.1, 0.15) is 5.75 Å². The lowest BCUT2D eigenvalue weighted by molar-refractivity contribution is -0.137. The van der Waals surface area contributed by atoms with E-state index in [9.17, 15) is 4.79 Å². The fourth-order valence-corrected chi connectivity index (χ4v) is 1.80. The van der Waals surface area contributed by atoms with Crippen LogP contribution in [0.3, 0.4) is 0 Å². The van der Waals surface area contributed by atoms with Gasteiger partial charge in [0.15, 0.2) is 0 Å². The normalized spacial score (nSPS) is 12.5. The molecule has 1 aromatic rings. The third kappa shape index (κ3) is 4.78. The SMILES string of the molecule is Cc1cc(OC(C)CCC(=O)O)cc(C(C)C)c1. The van der Waals surface area contributed by atoms with Gasteiger partial charge in [0, 0.05) is 6.42 Å². The number of rotatable bonds is 6. The van der Waals surface area contributed by atoms with E-state index in [1.165, 1.54) is 11.1 Å². The minimum absolute atomic E-state index is 0.0806. The highest BCUT2D eigenvalue weighted by Crippen LogP contribution is 2.24. The first-order valence-electron chi connectivity index (χ1n) is 6.38. The molecule has 1 N–H and O–H groups in total. The van der Waals surface area contributed by atoms with Crippen molar-refractivity contribution >= 4 is 5.97 Å². The quantitative estimate of drug-likeness (QED) is 0.836. The van der Waals surface area contributed by atoms with Crippen LogP contribution in [0.5, 0.6) is 5.75 Å². The summed E-state index contributed by atoms with van der Waals surface area (Å²) in [6.45, 7) is 8.24. The standard InChI is InChI=1S/C15H22O3/c1-10(2)13-7-11(3)8-14(9-13)18-12(4)5-6-15(16)17/h7-10,12H,5-6H2,1-4H3,(H,16,17). The molecule has 100 valence electrons. The smallest absolute Gasteiger partial charge is 0.303 e. The molecule has 1 rings (SSSR count). The summed E-state index contributed by atoms with van der Waals surface area (Å²) in [5, 5.41) is 8.63. The van der Waals surface area contributed by atoms with E-state index in [1.54, 1.807) is 0 Å². The Hall–Kier alpha value is -1.51. The van der Waals surface area contributed by atoms with E-state index in [0.717, 1.165) is 5.75 Å². The van der Waals surface area contributed by atoms with Gasteiger partial charge in [0.05, 0.1) is 6.10 Å². The maximum absolute atomic E-state index is 10.5. The predicted molar refractivity (Wildman–Crippen MR) is 72.2 cm³/mol. The molecule has 0 aliphatic carbocycles. The van der Waals surface area contributed by atoms with Gasteiger partial charge < -0.3 is 9.84 Å². The molecule has 1 atom stereocenters. The van der Waals surface area contributed by atoms with Crippen LogP contribution in [0.15, 0.2) is 18.2 Å². The number of ether oxygens (including phenoxy) is 1. The number of carboxylic acid groups (broad SMARTS) is 1. The monoisotopic (exact) mass is 250 g/mol. The molecule has 1 aromatic carbocycles. The number of aryl methyl sites for hydroxylation is 1. The highest BCUT2D eigenvalue weighted by atomic mass is 16.5. The Morgan fingerprint density at radius 1 is 1.28 bits per heavy atom. The summed E-state index contributed by atoms with van der Waals surface area (Å²) in [7, 11) is 0. The van der Waals surface area contributed by atoms with Gasteiger partial charge in [-0.15, -0.1) is 0 Å². The summed E-state index contributed by atoms with van der Waals surface area (Å²) in [6, 6.07) is 6.18. The van der Waals surface area contributed by atoms with Crippen molar-refractivity contribution in [1.82, 2.24) is 0 Å². The van der Waals surface area contributed by atoms with Gasteiger partial charge in [-0.25, -0.2) is 0 Å². The van der Waals surface area contributed by atoms with E-state index in [0.29, 0.717) is 12.3 Å². The van der Waals surface area contributed by atoms with Crippen molar-refractivity contribution in [2.75, 3.05) is 0 Å². The lowest BCUT2D eigenvalue weighted by atomic mass is 10.0. The van der Waals surface area contributed by atoms with E-state index in [-0.39, 0.29) is 12.5 Å². The molecule has 0 spiro atoms. The van der Waals surface area contributed by atoms with Gasteiger partial charge in [-0.2, -0.15) is 0 Å². The molecule has 1 unspecified atom stereocenters. The first kappa shape index (κ1) is 14.6. The second-order valence-corrected chi connectivity index (χ2v) is 5.09. The number of aliphatic carboxylic acids is 1. The molecule has 0 saturated carbocycles. The minimum atomic E-state index is -0.780. The second kappa shape index (κ2) is 6.43. The van der Waals surface area contributed by atoms with Gasteiger partial charge in [0.25, 0.3) is 0 Å². The van der Waals surface area contributed by atoms with E-state index < -0.39 is 5.97 Å². The van der Waals surface area contributed by atoms with Gasteiger partial charge in [-0.1, -0.05) is 19.9 Å². The number of carboxylic acids is 1. The molecule has 3 heteroatoms. The van der Waals surface area contributed by atoms with Crippen LogP contribution in [0.1, 0.15) is 50.7 Å². The van der Waals surface area contributed by atoms with Crippen molar-refractivity contribution < 1.29 is 14.6 Å². The third-order valence-corrected chi connectivity index (χ3v) is 2.84. The van der Waals surface area contributed by atoms with Crippen LogP contribution >= 0.6 is 0 Å². The highest BCUT2D eigenvalue weighted by Gasteiger charge is 2.09. The van der Waals surface area contributed by atoms with Gasteiger partial charge in [-0.3, -0.25) is 4.79 Å². The van der Waals surface area contributed by atoms with Crippen molar-refractivity contribution in [2.45, 2.75) is 52.6 Å².